The van der Waals surface area contributed by atoms with Crippen LogP contribution in [0.1, 0.15) is 82.6 Å². The Morgan fingerprint density at radius 1 is 0.818 bits per heavy atom. The van der Waals surface area contributed by atoms with E-state index >= 15 is 0 Å². The van der Waals surface area contributed by atoms with Crippen LogP contribution in [0.15, 0.2) is 24.3 Å². The number of rotatable bonds is 4. The predicted octanol–water partition coefficient (Wildman–Crippen LogP) is 7.22. The van der Waals surface area contributed by atoms with Crippen LogP contribution in [0.4, 0.5) is 0 Å². The SMILES string of the molecule is CCC[C@H]1CC[C@H](C2CCC(c3ccc(Cl)cc3)CC2)CC1. The van der Waals surface area contributed by atoms with E-state index in [9.17, 15) is 0 Å². The van der Waals surface area contributed by atoms with Gasteiger partial charge in [0, 0.05) is 5.02 Å². The van der Waals surface area contributed by atoms with Crippen LogP contribution in [0.5, 0.6) is 0 Å². The van der Waals surface area contributed by atoms with E-state index in [1.165, 1.54) is 69.8 Å². The first kappa shape index (κ1) is 16.4. The third-order valence-electron chi connectivity index (χ3n) is 6.37. The Labute approximate surface area is 141 Å². The Hall–Kier alpha value is -0.490. The summed E-state index contributed by atoms with van der Waals surface area (Å²) < 4.78 is 0. The lowest BCUT2D eigenvalue weighted by Crippen LogP contribution is -2.25. The minimum absolute atomic E-state index is 0.782. The van der Waals surface area contributed by atoms with Gasteiger partial charge in [-0.2, -0.15) is 0 Å². The van der Waals surface area contributed by atoms with E-state index in [1.54, 1.807) is 0 Å². The number of hydrogen-bond acceptors (Lipinski definition) is 0. The highest BCUT2D eigenvalue weighted by Gasteiger charge is 2.30. The Bertz CT molecular complexity index is 433. The molecule has 0 unspecified atom stereocenters. The number of hydrogen-bond donors (Lipinski definition) is 0. The standard InChI is InChI=1S/C21H31Cl/c1-2-3-16-4-6-17(7-5-16)18-8-10-19(11-9-18)20-12-14-21(22)15-13-20/h12-19H,2-11H2,1H3/t16-,17-,18?,19?. The van der Waals surface area contributed by atoms with Crippen LogP contribution in [0.3, 0.4) is 0 Å². The molecule has 0 aliphatic heterocycles. The minimum Gasteiger partial charge on any atom is -0.0843 e. The zero-order valence-corrected chi connectivity index (χ0v) is 14.8. The van der Waals surface area contributed by atoms with Gasteiger partial charge in [-0.05, 0) is 79.9 Å². The fourth-order valence-electron chi connectivity index (χ4n) is 5.02. The summed E-state index contributed by atoms with van der Waals surface area (Å²) in [6, 6.07) is 8.59. The number of halogens is 1. The van der Waals surface area contributed by atoms with Gasteiger partial charge in [0.1, 0.15) is 0 Å². The minimum atomic E-state index is 0.782. The molecule has 1 aromatic rings. The van der Waals surface area contributed by atoms with Gasteiger partial charge in [-0.25, -0.2) is 0 Å². The highest BCUT2D eigenvalue weighted by Crippen LogP contribution is 2.44. The van der Waals surface area contributed by atoms with Crippen molar-refractivity contribution in [2.24, 2.45) is 17.8 Å². The Balaban J connectivity index is 1.47. The van der Waals surface area contributed by atoms with Gasteiger partial charge in [0.15, 0.2) is 0 Å². The maximum atomic E-state index is 6.01. The van der Waals surface area contributed by atoms with E-state index in [2.05, 4.69) is 31.2 Å². The molecular formula is C21H31Cl. The molecule has 0 radical (unpaired) electrons. The maximum absolute atomic E-state index is 6.01. The van der Waals surface area contributed by atoms with E-state index < -0.39 is 0 Å². The maximum Gasteiger partial charge on any atom is 0.0406 e. The predicted molar refractivity (Wildman–Crippen MR) is 96.5 cm³/mol. The van der Waals surface area contributed by atoms with Gasteiger partial charge in [0.2, 0.25) is 0 Å². The van der Waals surface area contributed by atoms with Crippen LogP contribution in [0.2, 0.25) is 5.02 Å². The second-order valence-electron chi connectivity index (χ2n) is 7.73. The highest BCUT2D eigenvalue weighted by molar-refractivity contribution is 6.30. The molecule has 0 heterocycles. The van der Waals surface area contributed by atoms with Crippen molar-refractivity contribution in [2.75, 3.05) is 0 Å². The van der Waals surface area contributed by atoms with Crippen LogP contribution in [-0.4, -0.2) is 0 Å². The topological polar surface area (TPSA) is 0 Å². The van der Waals surface area contributed by atoms with Crippen molar-refractivity contribution < 1.29 is 0 Å². The molecule has 0 nitrogen and oxygen atoms in total. The van der Waals surface area contributed by atoms with Crippen molar-refractivity contribution >= 4 is 11.6 Å². The Kier molecular flexibility index (Phi) is 5.85. The molecule has 22 heavy (non-hydrogen) atoms. The zero-order valence-electron chi connectivity index (χ0n) is 14.1. The average Bonchev–Trinajstić information content (AvgIpc) is 2.57. The van der Waals surface area contributed by atoms with Gasteiger partial charge in [0.25, 0.3) is 0 Å². The molecule has 0 bridgehead atoms. The van der Waals surface area contributed by atoms with Crippen molar-refractivity contribution in [1.82, 2.24) is 0 Å². The molecule has 2 saturated carbocycles. The second-order valence-corrected chi connectivity index (χ2v) is 8.17. The molecular weight excluding hydrogens is 288 g/mol. The van der Waals surface area contributed by atoms with Gasteiger partial charge >= 0.3 is 0 Å². The monoisotopic (exact) mass is 318 g/mol. The Morgan fingerprint density at radius 3 is 1.91 bits per heavy atom. The van der Waals surface area contributed by atoms with Crippen LogP contribution in [-0.2, 0) is 0 Å². The molecule has 1 heteroatoms. The quantitative estimate of drug-likeness (QED) is 0.549. The molecule has 0 amide bonds. The average molecular weight is 319 g/mol. The van der Waals surface area contributed by atoms with Crippen molar-refractivity contribution in [3.8, 4) is 0 Å². The summed E-state index contributed by atoms with van der Waals surface area (Å²) in [5, 5.41) is 0.862. The second kappa shape index (κ2) is 7.86. The van der Waals surface area contributed by atoms with Crippen molar-refractivity contribution in [3.63, 3.8) is 0 Å². The first-order chi connectivity index (χ1) is 10.8. The van der Waals surface area contributed by atoms with E-state index in [1.807, 2.05) is 0 Å². The molecule has 2 aliphatic carbocycles. The third kappa shape index (κ3) is 4.07. The molecule has 122 valence electrons. The molecule has 0 aromatic heterocycles. The summed E-state index contributed by atoms with van der Waals surface area (Å²) in [6.07, 6.45) is 14.6. The molecule has 0 atom stereocenters. The lowest BCUT2D eigenvalue weighted by molar-refractivity contribution is 0.156. The summed E-state index contributed by atoms with van der Waals surface area (Å²) in [7, 11) is 0. The van der Waals surface area contributed by atoms with Gasteiger partial charge in [-0.15, -0.1) is 0 Å². The summed E-state index contributed by atoms with van der Waals surface area (Å²) in [6.45, 7) is 2.34. The van der Waals surface area contributed by atoms with Gasteiger partial charge in [-0.1, -0.05) is 56.3 Å². The fraction of sp³-hybridized carbons (Fsp3) is 0.714. The molecule has 0 spiro atoms. The first-order valence-electron chi connectivity index (χ1n) is 9.51. The normalized spacial score (nSPS) is 32.8. The molecule has 0 N–H and O–H groups in total. The summed E-state index contributed by atoms with van der Waals surface area (Å²) in [5.41, 5.74) is 1.51. The number of benzene rings is 1. The molecule has 0 saturated heterocycles. The molecule has 1 aromatic carbocycles. The van der Waals surface area contributed by atoms with Crippen LogP contribution in [0, 0.1) is 17.8 Å². The van der Waals surface area contributed by atoms with Crippen LogP contribution >= 0.6 is 11.6 Å². The molecule has 2 aliphatic rings. The summed E-state index contributed by atoms with van der Waals surface area (Å²) in [5.74, 6) is 3.89. The van der Waals surface area contributed by atoms with Gasteiger partial charge in [0.05, 0.1) is 0 Å². The fourth-order valence-corrected chi connectivity index (χ4v) is 5.14. The Morgan fingerprint density at radius 2 is 1.36 bits per heavy atom. The van der Waals surface area contributed by atoms with Crippen molar-refractivity contribution in [1.29, 1.82) is 0 Å². The van der Waals surface area contributed by atoms with E-state index in [-0.39, 0.29) is 0 Å². The molecule has 3 rings (SSSR count). The van der Waals surface area contributed by atoms with E-state index in [0.717, 1.165) is 28.7 Å². The third-order valence-corrected chi connectivity index (χ3v) is 6.62. The van der Waals surface area contributed by atoms with Crippen LogP contribution < -0.4 is 0 Å². The smallest absolute Gasteiger partial charge is 0.0406 e. The van der Waals surface area contributed by atoms with Gasteiger partial charge in [-0.3, -0.25) is 0 Å². The largest absolute Gasteiger partial charge is 0.0843 e. The highest BCUT2D eigenvalue weighted by atomic mass is 35.5. The zero-order chi connectivity index (χ0) is 15.4. The molecule has 2 fully saturated rings. The van der Waals surface area contributed by atoms with Crippen LogP contribution in [0.25, 0.3) is 0 Å². The van der Waals surface area contributed by atoms with Gasteiger partial charge < -0.3 is 0 Å². The van der Waals surface area contributed by atoms with E-state index in [4.69, 9.17) is 11.6 Å². The first-order valence-corrected chi connectivity index (χ1v) is 9.89. The lowest BCUT2D eigenvalue weighted by atomic mass is 9.68. The lowest BCUT2D eigenvalue weighted by Gasteiger charge is -2.38. The van der Waals surface area contributed by atoms with E-state index in [0.29, 0.717) is 0 Å². The summed E-state index contributed by atoms with van der Waals surface area (Å²) in [4.78, 5) is 0. The van der Waals surface area contributed by atoms with Crippen molar-refractivity contribution in [2.45, 2.75) is 77.0 Å². The summed E-state index contributed by atoms with van der Waals surface area (Å²) >= 11 is 6.01. The van der Waals surface area contributed by atoms with Crippen molar-refractivity contribution in [3.05, 3.63) is 34.9 Å².